The third kappa shape index (κ3) is 3.24. The molecule has 1 heteroatoms. The van der Waals surface area contributed by atoms with Gasteiger partial charge in [-0.1, -0.05) is 127 Å². The molecule has 1 aliphatic rings. The second-order valence-corrected chi connectivity index (χ2v) is 10.8. The fraction of sp³-hybridized carbons (Fsp3) is 0. The zero-order chi connectivity index (χ0) is 26.9. The summed E-state index contributed by atoms with van der Waals surface area (Å²) in [5, 5.41) is 9.94. The molecular formula is C40H24O. The standard InChI is InChI=1S/C40H24O/c1-2-11-26-24-27(21-20-25(26)10-1)38-29-13-3-5-15-31(29)39(32-16-6-4-14-30(32)38)35-23-22-34-28-12-7-8-18-36(28)41-37-19-9-17-33(35)40(34)37/h1-24H. The normalized spacial score (nSPS) is 12.1. The van der Waals surface area contributed by atoms with Crippen LogP contribution in [0.5, 0.6) is 11.5 Å². The highest BCUT2D eigenvalue weighted by Gasteiger charge is 2.23. The molecule has 0 unspecified atom stereocenters. The predicted octanol–water partition coefficient (Wildman–Crippen LogP) is 11.4. The van der Waals surface area contributed by atoms with Crippen molar-refractivity contribution < 1.29 is 4.74 Å². The molecule has 1 heterocycles. The molecule has 0 radical (unpaired) electrons. The number of hydrogen-bond donors (Lipinski definition) is 0. The highest BCUT2D eigenvalue weighted by molar-refractivity contribution is 6.25. The molecule has 0 bridgehead atoms. The minimum atomic E-state index is 0.913. The van der Waals surface area contributed by atoms with Crippen molar-refractivity contribution >= 4 is 43.1 Å². The maximum atomic E-state index is 6.43. The average molecular weight is 521 g/mol. The van der Waals surface area contributed by atoms with Crippen molar-refractivity contribution in [3.63, 3.8) is 0 Å². The minimum Gasteiger partial charge on any atom is -0.456 e. The third-order valence-corrected chi connectivity index (χ3v) is 8.64. The second-order valence-electron chi connectivity index (χ2n) is 10.8. The van der Waals surface area contributed by atoms with E-state index in [2.05, 4.69) is 140 Å². The first-order valence-electron chi connectivity index (χ1n) is 14.1. The van der Waals surface area contributed by atoms with Gasteiger partial charge in [0.2, 0.25) is 0 Å². The van der Waals surface area contributed by atoms with Gasteiger partial charge in [0.25, 0.3) is 0 Å². The molecule has 8 aromatic carbocycles. The molecule has 0 aromatic heterocycles. The Kier molecular flexibility index (Phi) is 4.67. The first-order valence-corrected chi connectivity index (χ1v) is 14.1. The third-order valence-electron chi connectivity index (χ3n) is 8.64. The number of rotatable bonds is 2. The van der Waals surface area contributed by atoms with Crippen LogP contribution in [0.25, 0.3) is 76.5 Å². The second kappa shape index (κ2) is 8.55. The van der Waals surface area contributed by atoms with Crippen molar-refractivity contribution in [2.75, 3.05) is 0 Å². The van der Waals surface area contributed by atoms with E-state index in [9.17, 15) is 0 Å². The molecule has 41 heavy (non-hydrogen) atoms. The highest BCUT2D eigenvalue weighted by Crippen LogP contribution is 2.51. The monoisotopic (exact) mass is 520 g/mol. The van der Waals surface area contributed by atoms with Gasteiger partial charge in [0.15, 0.2) is 0 Å². The Morgan fingerprint density at radius 2 is 0.927 bits per heavy atom. The van der Waals surface area contributed by atoms with Crippen LogP contribution in [0, 0.1) is 0 Å². The zero-order valence-electron chi connectivity index (χ0n) is 22.3. The Balaban J connectivity index is 1.40. The van der Waals surface area contributed by atoms with Crippen molar-refractivity contribution in [1.29, 1.82) is 0 Å². The van der Waals surface area contributed by atoms with Crippen molar-refractivity contribution in [1.82, 2.24) is 0 Å². The fourth-order valence-corrected chi connectivity index (χ4v) is 6.87. The van der Waals surface area contributed by atoms with Crippen LogP contribution in [0.1, 0.15) is 0 Å². The molecule has 0 amide bonds. The van der Waals surface area contributed by atoms with Gasteiger partial charge < -0.3 is 4.74 Å². The molecule has 9 rings (SSSR count). The Morgan fingerprint density at radius 1 is 0.341 bits per heavy atom. The molecule has 0 spiro atoms. The number of hydrogen-bond acceptors (Lipinski definition) is 1. The Bertz CT molecular complexity index is 2290. The van der Waals surface area contributed by atoms with E-state index in [1.165, 1.54) is 70.9 Å². The fourth-order valence-electron chi connectivity index (χ4n) is 6.87. The first-order chi connectivity index (χ1) is 20.3. The Hall–Kier alpha value is -5.40. The van der Waals surface area contributed by atoms with E-state index in [1.807, 2.05) is 6.07 Å². The summed E-state index contributed by atoms with van der Waals surface area (Å²) in [5.74, 6) is 1.83. The molecular weight excluding hydrogens is 496 g/mol. The van der Waals surface area contributed by atoms with Gasteiger partial charge in [-0.2, -0.15) is 0 Å². The van der Waals surface area contributed by atoms with Crippen molar-refractivity contribution in [2.24, 2.45) is 0 Å². The summed E-state index contributed by atoms with van der Waals surface area (Å²) in [7, 11) is 0. The molecule has 0 saturated carbocycles. The van der Waals surface area contributed by atoms with E-state index in [0.717, 1.165) is 17.1 Å². The average Bonchev–Trinajstić information content (AvgIpc) is 3.04. The van der Waals surface area contributed by atoms with Crippen LogP contribution in [0.3, 0.4) is 0 Å². The van der Waals surface area contributed by atoms with E-state index in [4.69, 9.17) is 4.74 Å². The van der Waals surface area contributed by atoms with Gasteiger partial charge in [0, 0.05) is 10.9 Å². The largest absolute Gasteiger partial charge is 0.456 e. The van der Waals surface area contributed by atoms with Crippen LogP contribution >= 0.6 is 0 Å². The molecule has 0 atom stereocenters. The SMILES string of the molecule is c1ccc2c(c1)Oc1cccc3c(-c4c5ccccc5c(-c5ccc6ccccc6c5)c5ccccc45)ccc-2c13. The lowest BCUT2D eigenvalue weighted by atomic mass is 9.83. The first kappa shape index (κ1) is 22.4. The summed E-state index contributed by atoms with van der Waals surface area (Å²) in [6.07, 6.45) is 0. The highest BCUT2D eigenvalue weighted by atomic mass is 16.5. The van der Waals surface area contributed by atoms with E-state index < -0.39 is 0 Å². The minimum absolute atomic E-state index is 0.913. The van der Waals surface area contributed by atoms with E-state index >= 15 is 0 Å². The Morgan fingerprint density at radius 3 is 1.71 bits per heavy atom. The summed E-state index contributed by atoms with van der Waals surface area (Å²) in [6, 6.07) is 52.6. The van der Waals surface area contributed by atoms with Crippen LogP contribution in [0.2, 0.25) is 0 Å². The van der Waals surface area contributed by atoms with Crippen LogP contribution in [0.4, 0.5) is 0 Å². The summed E-state index contributed by atoms with van der Waals surface area (Å²) in [5.41, 5.74) is 7.39. The molecule has 1 aliphatic heterocycles. The summed E-state index contributed by atoms with van der Waals surface area (Å²) >= 11 is 0. The van der Waals surface area contributed by atoms with Gasteiger partial charge in [-0.15, -0.1) is 0 Å². The maximum Gasteiger partial charge on any atom is 0.135 e. The molecule has 1 nitrogen and oxygen atoms in total. The van der Waals surface area contributed by atoms with Gasteiger partial charge in [-0.25, -0.2) is 0 Å². The Labute approximate surface area is 237 Å². The summed E-state index contributed by atoms with van der Waals surface area (Å²) in [4.78, 5) is 0. The number of para-hydroxylation sites is 1. The maximum absolute atomic E-state index is 6.43. The molecule has 8 aromatic rings. The van der Waals surface area contributed by atoms with Crippen molar-refractivity contribution in [3.05, 3.63) is 146 Å². The van der Waals surface area contributed by atoms with Crippen LogP contribution in [-0.4, -0.2) is 0 Å². The molecule has 0 fully saturated rings. The lowest BCUT2D eigenvalue weighted by Crippen LogP contribution is -1.98. The van der Waals surface area contributed by atoms with Gasteiger partial charge >= 0.3 is 0 Å². The predicted molar refractivity (Wildman–Crippen MR) is 173 cm³/mol. The topological polar surface area (TPSA) is 9.23 Å². The molecule has 0 saturated heterocycles. The van der Waals surface area contributed by atoms with Crippen LogP contribution < -0.4 is 4.74 Å². The van der Waals surface area contributed by atoms with E-state index in [0.29, 0.717) is 0 Å². The summed E-state index contributed by atoms with van der Waals surface area (Å²) < 4.78 is 6.43. The smallest absolute Gasteiger partial charge is 0.135 e. The number of ether oxygens (including phenoxy) is 1. The molecule has 0 aliphatic carbocycles. The number of fused-ring (bicyclic) bond motifs is 5. The van der Waals surface area contributed by atoms with Crippen molar-refractivity contribution in [3.8, 4) is 44.9 Å². The zero-order valence-corrected chi connectivity index (χ0v) is 22.3. The van der Waals surface area contributed by atoms with Gasteiger partial charge in [-0.05, 0) is 83.7 Å². The van der Waals surface area contributed by atoms with Crippen LogP contribution in [-0.2, 0) is 0 Å². The van der Waals surface area contributed by atoms with Gasteiger partial charge in [0.05, 0.1) is 0 Å². The lowest BCUT2D eigenvalue weighted by molar-refractivity contribution is 0.487. The molecule has 190 valence electrons. The number of benzene rings is 8. The van der Waals surface area contributed by atoms with Crippen LogP contribution in [0.15, 0.2) is 146 Å². The van der Waals surface area contributed by atoms with E-state index in [1.54, 1.807) is 0 Å². The molecule has 0 N–H and O–H groups in total. The van der Waals surface area contributed by atoms with Gasteiger partial charge in [-0.3, -0.25) is 0 Å². The van der Waals surface area contributed by atoms with E-state index in [-0.39, 0.29) is 0 Å². The quantitative estimate of drug-likeness (QED) is 0.206. The lowest BCUT2D eigenvalue weighted by Gasteiger charge is -2.24. The van der Waals surface area contributed by atoms with Gasteiger partial charge in [0.1, 0.15) is 11.5 Å². The van der Waals surface area contributed by atoms with Crippen molar-refractivity contribution in [2.45, 2.75) is 0 Å². The summed E-state index contributed by atoms with van der Waals surface area (Å²) in [6.45, 7) is 0.